The zero-order chi connectivity index (χ0) is 17.6. The topological polar surface area (TPSA) is 68.2 Å². The quantitative estimate of drug-likeness (QED) is 0.617. The normalized spacial score (nSPS) is 12.4. The summed E-state index contributed by atoms with van der Waals surface area (Å²) in [6, 6.07) is 17.8. The molecule has 25 heavy (non-hydrogen) atoms. The summed E-state index contributed by atoms with van der Waals surface area (Å²) in [6.45, 7) is 0.926. The maximum atomic E-state index is 11.1. The summed E-state index contributed by atoms with van der Waals surface area (Å²) in [4.78, 5) is 11.1. The zero-order valence-electron chi connectivity index (χ0n) is 14.3. The Labute approximate surface area is 147 Å². The van der Waals surface area contributed by atoms with Gasteiger partial charge in [0.05, 0.1) is 0 Å². The molecule has 1 aromatic heterocycles. The van der Waals surface area contributed by atoms with Crippen molar-refractivity contribution in [3.05, 3.63) is 71.9 Å². The van der Waals surface area contributed by atoms with Crippen molar-refractivity contribution in [1.82, 2.24) is 4.57 Å². The largest absolute Gasteiger partial charge is 0.480 e. The fraction of sp³-hybridized carbons (Fsp3) is 0.286. The molecule has 3 rings (SSSR count). The SMILES string of the molecule is NC(Cc1cn(CCCCc2ccccc2)c2ccccc12)C(=O)O. The summed E-state index contributed by atoms with van der Waals surface area (Å²) in [6.07, 6.45) is 5.71. The average molecular weight is 336 g/mol. The van der Waals surface area contributed by atoms with Crippen LogP contribution in [0.5, 0.6) is 0 Å². The molecule has 0 aliphatic rings. The van der Waals surface area contributed by atoms with Crippen LogP contribution in [0.15, 0.2) is 60.8 Å². The Hall–Kier alpha value is -2.59. The Kier molecular flexibility index (Phi) is 5.51. The molecule has 130 valence electrons. The van der Waals surface area contributed by atoms with Crippen molar-refractivity contribution in [2.75, 3.05) is 0 Å². The summed E-state index contributed by atoms with van der Waals surface area (Å²) < 4.78 is 2.23. The Bertz CT molecular complexity index is 839. The first-order chi connectivity index (χ1) is 12.1. The molecule has 4 nitrogen and oxygen atoms in total. The number of unbranched alkanes of at least 4 members (excludes halogenated alkanes) is 1. The van der Waals surface area contributed by atoms with Crippen LogP contribution in [-0.4, -0.2) is 21.7 Å². The molecule has 0 spiro atoms. The predicted octanol–water partition coefficient (Wildman–Crippen LogP) is 3.62. The van der Waals surface area contributed by atoms with E-state index in [1.54, 1.807) is 0 Å². The third kappa shape index (κ3) is 4.28. The fourth-order valence-electron chi connectivity index (χ4n) is 3.25. The number of aromatic nitrogens is 1. The van der Waals surface area contributed by atoms with Gasteiger partial charge in [-0.15, -0.1) is 0 Å². The van der Waals surface area contributed by atoms with E-state index in [9.17, 15) is 4.79 Å². The van der Waals surface area contributed by atoms with E-state index >= 15 is 0 Å². The third-order valence-electron chi connectivity index (χ3n) is 4.59. The average Bonchev–Trinajstić information content (AvgIpc) is 2.97. The second kappa shape index (κ2) is 7.99. The number of hydrogen-bond acceptors (Lipinski definition) is 2. The van der Waals surface area contributed by atoms with Crippen LogP contribution < -0.4 is 5.73 Å². The molecule has 0 amide bonds. The molecule has 0 radical (unpaired) electrons. The number of nitrogens with two attached hydrogens (primary N) is 1. The molecule has 4 heteroatoms. The fourth-order valence-corrected chi connectivity index (χ4v) is 3.25. The maximum absolute atomic E-state index is 11.1. The molecule has 1 heterocycles. The van der Waals surface area contributed by atoms with Gasteiger partial charge in [-0.1, -0.05) is 48.5 Å². The monoisotopic (exact) mass is 336 g/mol. The van der Waals surface area contributed by atoms with Crippen molar-refractivity contribution in [2.24, 2.45) is 5.73 Å². The molecule has 2 aromatic carbocycles. The molecule has 1 atom stereocenters. The number of carbonyl (C=O) groups is 1. The van der Waals surface area contributed by atoms with Crippen molar-refractivity contribution >= 4 is 16.9 Å². The summed E-state index contributed by atoms with van der Waals surface area (Å²) in [5, 5.41) is 10.2. The molecular formula is C21H24N2O2. The van der Waals surface area contributed by atoms with Crippen LogP contribution in [0, 0.1) is 0 Å². The van der Waals surface area contributed by atoms with E-state index < -0.39 is 12.0 Å². The molecule has 0 bridgehead atoms. The smallest absolute Gasteiger partial charge is 0.320 e. The summed E-state index contributed by atoms with van der Waals surface area (Å²) in [7, 11) is 0. The number of carboxylic acid groups (broad SMARTS) is 1. The highest BCUT2D eigenvalue weighted by molar-refractivity contribution is 5.85. The Balaban J connectivity index is 1.67. The lowest BCUT2D eigenvalue weighted by atomic mass is 10.1. The highest BCUT2D eigenvalue weighted by Gasteiger charge is 2.16. The number of aliphatic carboxylic acids is 1. The number of aryl methyl sites for hydroxylation is 2. The molecule has 3 N–H and O–H groups in total. The second-order valence-electron chi connectivity index (χ2n) is 6.46. The van der Waals surface area contributed by atoms with Crippen LogP contribution in [0.2, 0.25) is 0 Å². The van der Waals surface area contributed by atoms with E-state index in [-0.39, 0.29) is 0 Å². The Morgan fingerprint density at radius 3 is 2.52 bits per heavy atom. The predicted molar refractivity (Wildman–Crippen MR) is 101 cm³/mol. The molecule has 0 fully saturated rings. The molecule has 3 aromatic rings. The van der Waals surface area contributed by atoms with E-state index in [0.717, 1.165) is 42.3 Å². The van der Waals surface area contributed by atoms with Crippen molar-refractivity contribution in [1.29, 1.82) is 0 Å². The van der Waals surface area contributed by atoms with Gasteiger partial charge in [-0.2, -0.15) is 0 Å². The van der Waals surface area contributed by atoms with Crippen LogP contribution in [0.3, 0.4) is 0 Å². The first-order valence-corrected chi connectivity index (χ1v) is 8.74. The van der Waals surface area contributed by atoms with Crippen molar-refractivity contribution in [3.63, 3.8) is 0 Å². The van der Waals surface area contributed by atoms with Gasteiger partial charge in [0.15, 0.2) is 0 Å². The van der Waals surface area contributed by atoms with Gasteiger partial charge in [0.2, 0.25) is 0 Å². The molecule has 1 unspecified atom stereocenters. The van der Waals surface area contributed by atoms with Crippen molar-refractivity contribution in [2.45, 2.75) is 38.3 Å². The zero-order valence-corrected chi connectivity index (χ0v) is 14.3. The molecule has 0 aliphatic carbocycles. The van der Waals surface area contributed by atoms with E-state index in [1.807, 2.05) is 24.3 Å². The van der Waals surface area contributed by atoms with E-state index in [2.05, 4.69) is 41.1 Å². The van der Waals surface area contributed by atoms with Crippen LogP contribution in [-0.2, 0) is 24.2 Å². The van der Waals surface area contributed by atoms with Crippen molar-refractivity contribution in [3.8, 4) is 0 Å². The van der Waals surface area contributed by atoms with Gasteiger partial charge in [-0.3, -0.25) is 4.79 Å². The van der Waals surface area contributed by atoms with E-state index in [1.165, 1.54) is 5.56 Å². The highest BCUT2D eigenvalue weighted by atomic mass is 16.4. The number of carboxylic acids is 1. The van der Waals surface area contributed by atoms with Crippen molar-refractivity contribution < 1.29 is 9.90 Å². The Morgan fingerprint density at radius 2 is 1.76 bits per heavy atom. The first-order valence-electron chi connectivity index (χ1n) is 8.74. The number of rotatable bonds is 8. The van der Waals surface area contributed by atoms with Gasteiger partial charge < -0.3 is 15.4 Å². The maximum Gasteiger partial charge on any atom is 0.320 e. The minimum Gasteiger partial charge on any atom is -0.480 e. The van der Waals surface area contributed by atoms with Gasteiger partial charge in [0.1, 0.15) is 6.04 Å². The van der Waals surface area contributed by atoms with Crippen LogP contribution >= 0.6 is 0 Å². The lowest BCUT2D eigenvalue weighted by molar-refractivity contribution is -0.138. The summed E-state index contributed by atoms with van der Waals surface area (Å²) in [5.74, 6) is -0.959. The number of benzene rings is 2. The van der Waals surface area contributed by atoms with Gasteiger partial charge in [0.25, 0.3) is 0 Å². The third-order valence-corrected chi connectivity index (χ3v) is 4.59. The van der Waals surface area contributed by atoms with Gasteiger partial charge >= 0.3 is 5.97 Å². The van der Waals surface area contributed by atoms with Gasteiger partial charge in [-0.25, -0.2) is 0 Å². The number of hydrogen-bond donors (Lipinski definition) is 2. The van der Waals surface area contributed by atoms with E-state index in [0.29, 0.717) is 6.42 Å². The number of fused-ring (bicyclic) bond motifs is 1. The minimum atomic E-state index is -0.959. The van der Waals surface area contributed by atoms with Crippen LogP contribution in [0.4, 0.5) is 0 Å². The van der Waals surface area contributed by atoms with Gasteiger partial charge in [-0.05, 0) is 36.5 Å². The number of nitrogens with zero attached hydrogens (tertiary/aromatic N) is 1. The number of para-hydroxylation sites is 1. The molecule has 0 saturated carbocycles. The molecular weight excluding hydrogens is 312 g/mol. The first kappa shape index (κ1) is 17.2. The highest BCUT2D eigenvalue weighted by Crippen LogP contribution is 2.23. The summed E-state index contributed by atoms with van der Waals surface area (Å²) >= 11 is 0. The lowest BCUT2D eigenvalue weighted by Crippen LogP contribution is -2.32. The minimum absolute atomic E-state index is 0.354. The van der Waals surface area contributed by atoms with E-state index in [4.69, 9.17) is 10.8 Å². The standard InChI is InChI=1S/C21H24N2O2/c22-19(21(24)25)14-17-15-23(20-12-5-4-11-18(17)20)13-7-6-10-16-8-2-1-3-9-16/h1-5,8-9,11-12,15,19H,6-7,10,13-14,22H2,(H,24,25). The van der Waals surface area contributed by atoms with Crippen LogP contribution in [0.25, 0.3) is 10.9 Å². The molecule has 0 saturated heterocycles. The second-order valence-corrected chi connectivity index (χ2v) is 6.46. The lowest BCUT2D eigenvalue weighted by Gasteiger charge is -2.06. The Morgan fingerprint density at radius 1 is 1.04 bits per heavy atom. The van der Waals surface area contributed by atoms with Crippen LogP contribution in [0.1, 0.15) is 24.0 Å². The molecule has 0 aliphatic heterocycles. The summed E-state index contributed by atoms with van der Waals surface area (Å²) in [5.41, 5.74) is 9.25. The van der Waals surface area contributed by atoms with Gasteiger partial charge in [0, 0.05) is 30.1 Å².